The maximum absolute atomic E-state index is 11.3. The molecule has 15 heavy (non-hydrogen) atoms. The van der Waals surface area contributed by atoms with Crippen LogP contribution in [0.15, 0.2) is 29.2 Å². The molecule has 0 radical (unpaired) electrons. The number of esters is 1. The molecule has 0 aliphatic carbocycles. The average molecular weight is 209 g/mol. The van der Waals surface area contributed by atoms with E-state index in [-0.39, 0.29) is 17.9 Å². The molecular formula is C11H15NO3. The van der Waals surface area contributed by atoms with Gasteiger partial charge in [0.15, 0.2) is 0 Å². The predicted molar refractivity (Wildman–Crippen MR) is 56.6 cm³/mol. The number of aryl methyl sites for hydroxylation is 1. The van der Waals surface area contributed by atoms with Gasteiger partial charge in [0.1, 0.15) is 0 Å². The van der Waals surface area contributed by atoms with E-state index in [9.17, 15) is 9.59 Å². The molecule has 4 heteroatoms. The highest BCUT2D eigenvalue weighted by Gasteiger charge is 2.02. The normalized spacial score (nSPS) is 9.93. The van der Waals surface area contributed by atoms with E-state index in [0.29, 0.717) is 13.2 Å². The van der Waals surface area contributed by atoms with E-state index in [1.807, 2.05) is 6.92 Å². The Hall–Kier alpha value is -1.58. The minimum Gasteiger partial charge on any atom is -0.466 e. The molecule has 0 N–H and O–H groups in total. The molecule has 1 rings (SSSR count). The van der Waals surface area contributed by atoms with Crippen molar-refractivity contribution in [3.63, 3.8) is 0 Å². The quantitative estimate of drug-likeness (QED) is 0.684. The number of rotatable bonds is 5. The average Bonchev–Trinajstić information content (AvgIpc) is 2.25. The van der Waals surface area contributed by atoms with E-state index in [4.69, 9.17) is 4.74 Å². The van der Waals surface area contributed by atoms with Crippen molar-refractivity contribution in [3.8, 4) is 0 Å². The summed E-state index contributed by atoms with van der Waals surface area (Å²) in [5.41, 5.74) is -0.0965. The third-order valence-corrected chi connectivity index (χ3v) is 1.92. The minimum atomic E-state index is -0.257. The van der Waals surface area contributed by atoms with Gasteiger partial charge in [-0.1, -0.05) is 13.0 Å². The van der Waals surface area contributed by atoms with Crippen molar-refractivity contribution in [1.82, 2.24) is 4.57 Å². The topological polar surface area (TPSA) is 48.3 Å². The highest BCUT2D eigenvalue weighted by Crippen LogP contribution is 1.92. The number of aromatic nitrogens is 1. The zero-order valence-corrected chi connectivity index (χ0v) is 8.81. The molecule has 0 saturated heterocycles. The number of ether oxygens (including phenoxy) is 1. The molecule has 0 bridgehead atoms. The van der Waals surface area contributed by atoms with Gasteiger partial charge in [-0.2, -0.15) is 0 Å². The van der Waals surface area contributed by atoms with Gasteiger partial charge >= 0.3 is 5.97 Å². The fourth-order valence-electron chi connectivity index (χ4n) is 1.15. The van der Waals surface area contributed by atoms with Crippen LogP contribution in [-0.4, -0.2) is 17.1 Å². The molecule has 0 amide bonds. The Balaban J connectivity index is 2.40. The van der Waals surface area contributed by atoms with E-state index in [0.717, 1.165) is 6.42 Å². The van der Waals surface area contributed by atoms with Crippen LogP contribution >= 0.6 is 0 Å². The van der Waals surface area contributed by atoms with Gasteiger partial charge < -0.3 is 9.30 Å². The zero-order chi connectivity index (χ0) is 11.1. The van der Waals surface area contributed by atoms with Gasteiger partial charge in [-0.05, 0) is 12.5 Å². The summed E-state index contributed by atoms with van der Waals surface area (Å²) in [5, 5.41) is 0. The van der Waals surface area contributed by atoms with Gasteiger partial charge in [0, 0.05) is 18.8 Å². The van der Waals surface area contributed by atoms with E-state index in [1.54, 1.807) is 18.3 Å². The lowest BCUT2D eigenvalue weighted by Crippen LogP contribution is -2.20. The summed E-state index contributed by atoms with van der Waals surface area (Å²) >= 11 is 0. The summed E-state index contributed by atoms with van der Waals surface area (Å²) < 4.78 is 6.39. The maximum atomic E-state index is 11.3. The largest absolute Gasteiger partial charge is 0.466 e. The van der Waals surface area contributed by atoms with Crippen LogP contribution < -0.4 is 5.56 Å². The van der Waals surface area contributed by atoms with Crippen LogP contribution in [0.1, 0.15) is 19.8 Å². The highest BCUT2D eigenvalue weighted by atomic mass is 16.5. The lowest BCUT2D eigenvalue weighted by Gasteiger charge is -2.04. The summed E-state index contributed by atoms with van der Waals surface area (Å²) in [6.07, 6.45) is 2.72. The summed E-state index contributed by atoms with van der Waals surface area (Å²) in [5.74, 6) is -0.257. The zero-order valence-electron chi connectivity index (χ0n) is 8.81. The molecule has 4 nitrogen and oxygen atoms in total. The molecule has 82 valence electrons. The summed E-state index contributed by atoms with van der Waals surface area (Å²) in [6.45, 7) is 2.76. The maximum Gasteiger partial charge on any atom is 0.307 e. The van der Waals surface area contributed by atoms with Crippen molar-refractivity contribution < 1.29 is 9.53 Å². The molecule has 0 aliphatic rings. The minimum absolute atomic E-state index is 0.0965. The Bertz CT molecular complexity index is 370. The molecule has 0 spiro atoms. The molecule has 0 saturated carbocycles. The van der Waals surface area contributed by atoms with Crippen molar-refractivity contribution in [2.75, 3.05) is 6.61 Å². The Morgan fingerprint density at radius 2 is 2.27 bits per heavy atom. The van der Waals surface area contributed by atoms with Gasteiger partial charge in [0.25, 0.3) is 5.56 Å². The molecule has 1 heterocycles. The first-order valence-electron chi connectivity index (χ1n) is 5.05. The van der Waals surface area contributed by atoms with Crippen LogP contribution in [0.3, 0.4) is 0 Å². The van der Waals surface area contributed by atoms with E-state index in [2.05, 4.69) is 0 Å². The number of pyridine rings is 1. The molecule has 0 aliphatic heterocycles. The highest BCUT2D eigenvalue weighted by molar-refractivity contribution is 5.69. The lowest BCUT2D eigenvalue weighted by atomic mass is 10.4. The van der Waals surface area contributed by atoms with E-state index in [1.165, 1.54) is 10.6 Å². The Labute approximate surface area is 88.5 Å². The molecule has 0 atom stereocenters. The summed E-state index contributed by atoms with van der Waals surface area (Å²) in [6, 6.07) is 4.91. The first kappa shape index (κ1) is 11.5. The van der Waals surface area contributed by atoms with Gasteiger partial charge in [-0.3, -0.25) is 9.59 Å². The van der Waals surface area contributed by atoms with Gasteiger partial charge in [-0.25, -0.2) is 0 Å². The van der Waals surface area contributed by atoms with Crippen molar-refractivity contribution >= 4 is 5.97 Å². The van der Waals surface area contributed by atoms with Crippen molar-refractivity contribution in [2.24, 2.45) is 0 Å². The predicted octanol–water partition coefficient (Wildman–Crippen LogP) is 1.19. The molecule has 0 fully saturated rings. The third-order valence-electron chi connectivity index (χ3n) is 1.92. The molecule has 0 unspecified atom stereocenters. The fraction of sp³-hybridized carbons (Fsp3) is 0.455. The lowest BCUT2D eigenvalue weighted by molar-refractivity contribution is -0.143. The molecular weight excluding hydrogens is 194 g/mol. The Morgan fingerprint density at radius 3 is 2.93 bits per heavy atom. The first-order chi connectivity index (χ1) is 7.24. The van der Waals surface area contributed by atoms with Gasteiger partial charge in [0.05, 0.1) is 13.0 Å². The molecule has 1 aromatic heterocycles. The van der Waals surface area contributed by atoms with Crippen molar-refractivity contribution in [2.45, 2.75) is 26.3 Å². The first-order valence-corrected chi connectivity index (χ1v) is 5.05. The second-order valence-electron chi connectivity index (χ2n) is 3.20. The summed E-state index contributed by atoms with van der Waals surface area (Å²) in [4.78, 5) is 22.4. The van der Waals surface area contributed by atoms with Crippen molar-refractivity contribution in [3.05, 3.63) is 34.7 Å². The van der Waals surface area contributed by atoms with Crippen LogP contribution in [0.5, 0.6) is 0 Å². The molecule has 1 aromatic rings. The monoisotopic (exact) mass is 209 g/mol. The number of nitrogens with zero attached hydrogens (tertiary/aromatic N) is 1. The Morgan fingerprint density at radius 1 is 1.47 bits per heavy atom. The Kier molecular flexibility index (Phi) is 4.60. The van der Waals surface area contributed by atoms with Crippen molar-refractivity contribution in [1.29, 1.82) is 0 Å². The van der Waals surface area contributed by atoms with E-state index < -0.39 is 0 Å². The number of hydrogen-bond acceptors (Lipinski definition) is 3. The number of carbonyl (C=O) groups excluding carboxylic acids is 1. The van der Waals surface area contributed by atoms with Crippen LogP contribution in [0.4, 0.5) is 0 Å². The van der Waals surface area contributed by atoms with E-state index >= 15 is 0 Å². The van der Waals surface area contributed by atoms with Crippen LogP contribution in [0, 0.1) is 0 Å². The van der Waals surface area contributed by atoms with Gasteiger partial charge in [0.2, 0.25) is 0 Å². The SMILES string of the molecule is CCCOC(=O)CCn1ccccc1=O. The van der Waals surface area contributed by atoms with Gasteiger partial charge in [-0.15, -0.1) is 0 Å². The van der Waals surface area contributed by atoms with Crippen LogP contribution in [0.2, 0.25) is 0 Å². The number of carbonyl (C=O) groups is 1. The fourth-order valence-corrected chi connectivity index (χ4v) is 1.15. The van der Waals surface area contributed by atoms with Crippen LogP contribution in [-0.2, 0) is 16.1 Å². The molecule has 0 aromatic carbocycles. The standard InChI is InChI=1S/C11H15NO3/c1-2-9-15-11(14)6-8-12-7-4-3-5-10(12)13/h3-5,7H,2,6,8-9H2,1H3. The smallest absolute Gasteiger partial charge is 0.307 e. The third kappa shape index (κ3) is 3.97. The second kappa shape index (κ2) is 6.01. The second-order valence-corrected chi connectivity index (χ2v) is 3.20. The summed E-state index contributed by atoms with van der Waals surface area (Å²) in [7, 11) is 0. The number of hydrogen-bond donors (Lipinski definition) is 0. The van der Waals surface area contributed by atoms with Crippen LogP contribution in [0.25, 0.3) is 0 Å².